The van der Waals surface area contributed by atoms with Crippen molar-refractivity contribution in [2.45, 2.75) is 39.3 Å². The Bertz CT molecular complexity index is 1090. The molecule has 0 saturated carbocycles. The zero-order valence-electron chi connectivity index (χ0n) is 17.6. The van der Waals surface area contributed by atoms with Crippen LogP contribution >= 0.6 is 11.3 Å². The summed E-state index contributed by atoms with van der Waals surface area (Å²) in [7, 11) is 0. The van der Waals surface area contributed by atoms with Gasteiger partial charge in [0.1, 0.15) is 0 Å². The number of hydrogen-bond donors (Lipinski definition) is 0. The largest absolute Gasteiger partial charge is 0.475 e. The van der Waals surface area contributed by atoms with Crippen LogP contribution in [0.3, 0.4) is 0 Å². The molecule has 1 amide bonds. The molecule has 0 bridgehead atoms. The van der Waals surface area contributed by atoms with Crippen LogP contribution in [0.2, 0.25) is 0 Å². The number of aromatic nitrogens is 1. The average molecular weight is 419 g/mol. The number of thiophene rings is 1. The molecule has 0 spiro atoms. The van der Waals surface area contributed by atoms with E-state index in [2.05, 4.69) is 48.8 Å². The first-order chi connectivity index (χ1) is 14.5. The summed E-state index contributed by atoms with van der Waals surface area (Å²) >= 11 is 1.77. The lowest BCUT2D eigenvalue weighted by atomic mass is 9.84. The third-order valence-corrected chi connectivity index (χ3v) is 6.36. The number of nitrogens with zero attached hydrogens (tertiary/aromatic N) is 2. The van der Waals surface area contributed by atoms with Crippen molar-refractivity contribution in [2.75, 3.05) is 6.54 Å². The third-order valence-electron chi connectivity index (χ3n) is 5.31. The molecule has 0 fully saturated rings. The number of rotatable bonds is 5. The number of aryl methyl sites for hydroxylation is 1. The molecule has 5 heteroatoms. The first-order valence-electron chi connectivity index (χ1n) is 10.2. The molecule has 4 nitrogen and oxygen atoms in total. The van der Waals surface area contributed by atoms with E-state index in [1.54, 1.807) is 17.5 Å². The van der Waals surface area contributed by atoms with Crippen LogP contribution in [-0.4, -0.2) is 28.4 Å². The number of ether oxygens (including phenoxy) is 1. The smallest absolute Gasteiger partial charge is 0.246 e. The quantitative estimate of drug-likeness (QED) is 0.509. The first kappa shape index (κ1) is 20.4. The minimum Gasteiger partial charge on any atom is -0.475 e. The maximum Gasteiger partial charge on any atom is 0.246 e. The highest BCUT2D eigenvalue weighted by Gasteiger charge is 2.31. The highest BCUT2D eigenvalue weighted by molar-refractivity contribution is 7.12. The van der Waals surface area contributed by atoms with Gasteiger partial charge in [0, 0.05) is 34.0 Å². The van der Waals surface area contributed by atoms with Crippen LogP contribution in [-0.2, 0) is 11.3 Å². The first-order valence-corrected chi connectivity index (χ1v) is 11.0. The summed E-state index contributed by atoms with van der Waals surface area (Å²) in [6.07, 6.45) is 3.20. The number of carbonyl (C=O) groups excluding carboxylic acids is 1. The van der Waals surface area contributed by atoms with Gasteiger partial charge in [-0.2, -0.15) is 0 Å². The normalized spacial score (nSPS) is 15.7. The minimum absolute atomic E-state index is 0.0283. The van der Waals surface area contributed by atoms with Crippen molar-refractivity contribution >= 4 is 17.2 Å². The van der Waals surface area contributed by atoms with Gasteiger partial charge in [-0.3, -0.25) is 4.79 Å². The van der Waals surface area contributed by atoms with Crippen molar-refractivity contribution in [3.8, 4) is 17.0 Å². The molecule has 3 heterocycles. The van der Waals surface area contributed by atoms with Gasteiger partial charge in [0.15, 0.2) is 0 Å². The second-order valence-electron chi connectivity index (χ2n) is 7.82. The fourth-order valence-electron chi connectivity index (χ4n) is 4.08. The van der Waals surface area contributed by atoms with E-state index in [0.717, 1.165) is 11.1 Å². The molecule has 1 atom stereocenters. The second kappa shape index (κ2) is 8.44. The van der Waals surface area contributed by atoms with Gasteiger partial charge in [-0.1, -0.05) is 30.8 Å². The Kier molecular flexibility index (Phi) is 5.73. The van der Waals surface area contributed by atoms with Crippen molar-refractivity contribution < 1.29 is 9.53 Å². The SMILES string of the molecule is C=CC(=O)N1Cc2sc(C)cc2[C@H](c2ccccc2-c2cccnc2OC(C)C)C1. The van der Waals surface area contributed by atoms with E-state index in [0.29, 0.717) is 19.0 Å². The Morgan fingerprint density at radius 3 is 2.77 bits per heavy atom. The van der Waals surface area contributed by atoms with Crippen LogP contribution < -0.4 is 4.74 Å². The predicted molar refractivity (Wildman–Crippen MR) is 122 cm³/mol. The molecule has 0 radical (unpaired) electrons. The van der Waals surface area contributed by atoms with Crippen molar-refractivity contribution in [3.63, 3.8) is 0 Å². The number of amides is 1. The standard InChI is InChI=1S/C25H26N2O2S/c1-5-24(28)27-14-22(21-13-17(4)30-23(21)15-27)19-10-7-6-9-18(19)20-11-8-12-26-25(20)29-16(2)3/h5-13,16,22H,1,14-15H2,2-4H3/t22-/m0/s1. The molecular formula is C25H26N2O2S. The lowest BCUT2D eigenvalue weighted by molar-refractivity contribution is -0.127. The van der Waals surface area contributed by atoms with Crippen LogP contribution in [0.1, 0.15) is 40.6 Å². The molecule has 0 saturated heterocycles. The third kappa shape index (κ3) is 3.90. The molecule has 154 valence electrons. The van der Waals surface area contributed by atoms with E-state index in [1.807, 2.05) is 30.9 Å². The van der Waals surface area contributed by atoms with E-state index < -0.39 is 0 Å². The Balaban J connectivity index is 1.85. The molecule has 1 aromatic carbocycles. The fourth-order valence-corrected chi connectivity index (χ4v) is 5.19. The Morgan fingerprint density at radius 2 is 2.00 bits per heavy atom. The highest BCUT2D eigenvalue weighted by atomic mass is 32.1. The van der Waals surface area contributed by atoms with Gasteiger partial charge < -0.3 is 9.64 Å². The zero-order chi connectivity index (χ0) is 21.3. The van der Waals surface area contributed by atoms with Crippen LogP contribution in [0.25, 0.3) is 11.1 Å². The van der Waals surface area contributed by atoms with Gasteiger partial charge in [0.05, 0.1) is 12.6 Å². The van der Waals surface area contributed by atoms with Gasteiger partial charge in [-0.15, -0.1) is 11.3 Å². The van der Waals surface area contributed by atoms with Crippen molar-refractivity contribution in [2.24, 2.45) is 0 Å². The molecule has 1 aliphatic rings. The van der Waals surface area contributed by atoms with Crippen LogP contribution in [0, 0.1) is 6.92 Å². The molecule has 0 unspecified atom stereocenters. The lowest BCUT2D eigenvalue weighted by Crippen LogP contribution is -2.37. The Hall–Kier alpha value is -2.92. The topological polar surface area (TPSA) is 42.4 Å². The molecule has 30 heavy (non-hydrogen) atoms. The number of benzene rings is 1. The van der Waals surface area contributed by atoms with Crippen molar-refractivity contribution in [3.05, 3.63) is 82.2 Å². The zero-order valence-corrected chi connectivity index (χ0v) is 18.4. The van der Waals surface area contributed by atoms with E-state index in [1.165, 1.54) is 27.0 Å². The molecule has 1 aliphatic heterocycles. The van der Waals surface area contributed by atoms with Crippen LogP contribution in [0.4, 0.5) is 0 Å². The van der Waals surface area contributed by atoms with Crippen molar-refractivity contribution in [1.82, 2.24) is 9.88 Å². The average Bonchev–Trinajstić information content (AvgIpc) is 3.12. The van der Waals surface area contributed by atoms with Gasteiger partial charge in [0.25, 0.3) is 0 Å². The Morgan fingerprint density at radius 1 is 1.23 bits per heavy atom. The fraction of sp³-hybridized carbons (Fsp3) is 0.280. The van der Waals surface area contributed by atoms with E-state index in [4.69, 9.17) is 4.74 Å². The summed E-state index contributed by atoms with van der Waals surface area (Å²) in [5.41, 5.74) is 4.56. The monoisotopic (exact) mass is 418 g/mol. The number of fused-ring (bicyclic) bond motifs is 1. The molecule has 0 N–H and O–H groups in total. The molecule has 0 aliphatic carbocycles. The summed E-state index contributed by atoms with van der Waals surface area (Å²) in [6, 6.07) is 14.6. The summed E-state index contributed by atoms with van der Waals surface area (Å²) in [4.78, 5) is 21.4. The highest BCUT2D eigenvalue weighted by Crippen LogP contribution is 2.42. The second-order valence-corrected chi connectivity index (χ2v) is 9.16. The molecule has 3 aromatic rings. The molecular weight excluding hydrogens is 392 g/mol. The summed E-state index contributed by atoms with van der Waals surface area (Å²) in [5, 5.41) is 0. The number of hydrogen-bond acceptors (Lipinski definition) is 4. The minimum atomic E-state index is -0.0283. The van der Waals surface area contributed by atoms with E-state index >= 15 is 0 Å². The predicted octanol–water partition coefficient (Wildman–Crippen LogP) is 5.57. The van der Waals surface area contributed by atoms with E-state index in [9.17, 15) is 4.79 Å². The summed E-state index contributed by atoms with van der Waals surface area (Å²) in [6.45, 7) is 11.1. The summed E-state index contributed by atoms with van der Waals surface area (Å²) in [5.74, 6) is 0.696. The van der Waals surface area contributed by atoms with Crippen molar-refractivity contribution in [1.29, 1.82) is 0 Å². The lowest BCUT2D eigenvalue weighted by Gasteiger charge is -2.33. The van der Waals surface area contributed by atoms with Gasteiger partial charge in [-0.05, 0) is 61.7 Å². The maximum atomic E-state index is 12.5. The number of carbonyl (C=O) groups is 1. The van der Waals surface area contributed by atoms with Gasteiger partial charge in [0.2, 0.25) is 11.8 Å². The maximum absolute atomic E-state index is 12.5. The number of pyridine rings is 1. The van der Waals surface area contributed by atoms with Crippen LogP contribution in [0.15, 0.2) is 61.3 Å². The van der Waals surface area contributed by atoms with E-state index in [-0.39, 0.29) is 17.9 Å². The molecule has 4 rings (SSSR count). The molecule has 2 aromatic heterocycles. The van der Waals surface area contributed by atoms with Crippen LogP contribution in [0.5, 0.6) is 5.88 Å². The van der Waals surface area contributed by atoms with Gasteiger partial charge in [-0.25, -0.2) is 4.98 Å². The summed E-state index contributed by atoms with van der Waals surface area (Å²) < 4.78 is 6.01. The van der Waals surface area contributed by atoms with Gasteiger partial charge >= 0.3 is 0 Å². The Labute approximate surface area is 181 Å².